The second-order valence-corrected chi connectivity index (χ2v) is 5.63. The molecule has 0 atom stereocenters. The summed E-state index contributed by atoms with van der Waals surface area (Å²) in [7, 11) is 0. The molecule has 1 fully saturated rings. The summed E-state index contributed by atoms with van der Waals surface area (Å²) in [5.74, 6) is 0. The van der Waals surface area contributed by atoms with Crippen molar-refractivity contribution >= 4 is 17.6 Å². The minimum atomic E-state index is -0.187. The Morgan fingerprint density at radius 3 is 2.71 bits per heavy atom. The molecule has 5 heteroatoms. The average Bonchev–Trinajstić information content (AvgIpc) is 2.52. The van der Waals surface area contributed by atoms with E-state index in [1.54, 1.807) is 6.08 Å². The Labute approximate surface area is 130 Å². The predicted octanol–water partition coefficient (Wildman–Crippen LogP) is 2.87. The van der Waals surface area contributed by atoms with E-state index in [0.29, 0.717) is 26.3 Å². The normalized spacial score (nSPS) is 17.0. The monoisotopic (exact) mass is 308 g/mol. The quantitative estimate of drug-likeness (QED) is 0.822. The third-order valence-corrected chi connectivity index (χ3v) is 4.22. The molecule has 0 aliphatic carbocycles. The molecule has 1 aromatic rings. The van der Waals surface area contributed by atoms with Crippen LogP contribution in [0.2, 0.25) is 5.02 Å². The first-order valence-electron chi connectivity index (χ1n) is 7.13. The molecule has 1 aromatic carbocycles. The van der Waals surface area contributed by atoms with Gasteiger partial charge in [-0.2, -0.15) is 0 Å². The second-order valence-electron chi connectivity index (χ2n) is 5.22. The number of carbonyl (C=O) groups excluding carboxylic acids is 1. The largest absolute Gasteiger partial charge is 0.381 e. The zero-order valence-electron chi connectivity index (χ0n) is 12.0. The number of ether oxygens (including phenoxy) is 1. The molecule has 0 radical (unpaired) electrons. The molecule has 4 nitrogen and oxygen atoms in total. The van der Waals surface area contributed by atoms with Crippen LogP contribution in [0.15, 0.2) is 36.9 Å². The highest BCUT2D eigenvalue weighted by atomic mass is 35.5. The Morgan fingerprint density at radius 2 is 2.05 bits per heavy atom. The van der Waals surface area contributed by atoms with E-state index >= 15 is 0 Å². The van der Waals surface area contributed by atoms with Crippen LogP contribution in [0.5, 0.6) is 0 Å². The van der Waals surface area contributed by atoms with Gasteiger partial charge < -0.3 is 15.4 Å². The third kappa shape index (κ3) is 3.99. The highest BCUT2D eigenvalue weighted by Gasteiger charge is 2.36. The van der Waals surface area contributed by atoms with Crippen LogP contribution in [0.4, 0.5) is 4.79 Å². The number of hydrogen-bond donors (Lipinski definition) is 2. The van der Waals surface area contributed by atoms with E-state index in [2.05, 4.69) is 17.2 Å². The summed E-state index contributed by atoms with van der Waals surface area (Å²) >= 11 is 6.36. The summed E-state index contributed by atoms with van der Waals surface area (Å²) < 4.78 is 5.47. The predicted molar refractivity (Wildman–Crippen MR) is 84.8 cm³/mol. The molecule has 1 heterocycles. The van der Waals surface area contributed by atoms with E-state index in [4.69, 9.17) is 16.3 Å². The van der Waals surface area contributed by atoms with Gasteiger partial charge in [0.05, 0.1) is 0 Å². The van der Waals surface area contributed by atoms with Crippen LogP contribution < -0.4 is 10.6 Å². The molecule has 1 aliphatic heterocycles. The van der Waals surface area contributed by atoms with Gasteiger partial charge in [0.2, 0.25) is 0 Å². The molecule has 2 amide bonds. The Hall–Kier alpha value is -1.52. The van der Waals surface area contributed by atoms with Crippen molar-refractivity contribution in [2.24, 2.45) is 0 Å². The Bertz CT molecular complexity index is 499. The summed E-state index contributed by atoms with van der Waals surface area (Å²) in [5, 5.41) is 6.41. The summed E-state index contributed by atoms with van der Waals surface area (Å²) in [4.78, 5) is 11.8. The topological polar surface area (TPSA) is 50.4 Å². The maximum absolute atomic E-state index is 11.8. The molecule has 0 saturated carbocycles. The van der Waals surface area contributed by atoms with Gasteiger partial charge in [-0.15, -0.1) is 6.58 Å². The lowest BCUT2D eigenvalue weighted by atomic mass is 9.74. The van der Waals surface area contributed by atoms with Gasteiger partial charge >= 0.3 is 6.03 Å². The number of hydrogen-bond acceptors (Lipinski definition) is 2. The van der Waals surface area contributed by atoms with E-state index < -0.39 is 0 Å². The molecular formula is C16H21ClN2O2. The molecule has 0 unspecified atom stereocenters. The average molecular weight is 309 g/mol. The number of rotatable bonds is 5. The highest BCUT2D eigenvalue weighted by molar-refractivity contribution is 6.31. The molecule has 114 valence electrons. The van der Waals surface area contributed by atoms with Crippen molar-refractivity contribution in [3.63, 3.8) is 0 Å². The number of benzene rings is 1. The van der Waals surface area contributed by atoms with Crippen LogP contribution in [-0.4, -0.2) is 32.3 Å². The van der Waals surface area contributed by atoms with Crippen LogP contribution in [-0.2, 0) is 10.2 Å². The van der Waals surface area contributed by atoms with E-state index in [-0.39, 0.29) is 11.4 Å². The fourth-order valence-electron chi connectivity index (χ4n) is 2.67. The van der Waals surface area contributed by atoms with Gasteiger partial charge in [0, 0.05) is 36.7 Å². The number of urea groups is 1. The minimum absolute atomic E-state index is 0.165. The minimum Gasteiger partial charge on any atom is -0.381 e. The van der Waals surface area contributed by atoms with Gasteiger partial charge in [0.25, 0.3) is 0 Å². The van der Waals surface area contributed by atoms with Crippen LogP contribution in [0, 0.1) is 0 Å². The first-order valence-corrected chi connectivity index (χ1v) is 7.51. The van der Waals surface area contributed by atoms with Gasteiger partial charge in [-0.1, -0.05) is 35.9 Å². The lowest BCUT2D eigenvalue weighted by molar-refractivity contribution is 0.0507. The van der Waals surface area contributed by atoms with Crippen molar-refractivity contribution in [1.82, 2.24) is 10.6 Å². The van der Waals surface area contributed by atoms with Gasteiger partial charge in [-0.05, 0) is 24.5 Å². The van der Waals surface area contributed by atoms with Crippen molar-refractivity contribution in [3.05, 3.63) is 47.5 Å². The molecule has 0 bridgehead atoms. The van der Waals surface area contributed by atoms with Crippen LogP contribution in [0.3, 0.4) is 0 Å². The molecule has 1 saturated heterocycles. The standard InChI is InChI=1S/C16H21ClN2O2/c1-2-9-18-15(20)19-12-16(7-10-21-11-8-16)13-5-3-4-6-14(13)17/h2-6H,1,7-12H2,(H2,18,19,20). The summed E-state index contributed by atoms with van der Waals surface area (Å²) in [5.41, 5.74) is 0.918. The van der Waals surface area contributed by atoms with E-state index in [9.17, 15) is 4.79 Å². The van der Waals surface area contributed by atoms with Gasteiger partial charge in [0.1, 0.15) is 0 Å². The van der Waals surface area contributed by atoms with Crippen LogP contribution in [0.25, 0.3) is 0 Å². The fourth-order valence-corrected chi connectivity index (χ4v) is 3.01. The van der Waals surface area contributed by atoms with Crippen LogP contribution in [0.1, 0.15) is 18.4 Å². The zero-order chi connectivity index (χ0) is 15.1. The van der Waals surface area contributed by atoms with E-state index in [0.717, 1.165) is 23.4 Å². The lowest BCUT2D eigenvalue weighted by Crippen LogP contribution is -2.47. The molecule has 0 aromatic heterocycles. The smallest absolute Gasteiger partial charge is 0.315 e. The van der Waals surface area contributed by atoms with Crippen molar-refractivity contribution in [2.75, 3.05) is 26.3 Å². The Morgan fingerprint density at radius 1 is 1.33 bits per heavy atom. The third-order valence-electron chi connectivity index (χ3n) is 3.89. The van der Waals surface area contributed by atoms with Crippen LogP contribution >= 0.6 is 11.6 Å². The molecule has 1 aliphatic rings. The van der Waals surface area contributed by atoms with E-state index in [1.807, 2.05) is 24.3 Å². The SMILES string of the molecule is C=CCNC(=O)NCC1(c2ccccc2Cl)CCOCC1. The Kier molecular flexibility index (Phi) is 5.65. The summed E-state index contributed by atoms with van der Waals surface area (Å²) in [6.07, 6.45) is 3.34. The van der Waals surface area contributed by atoms with Gasteiger partial charge in [-0.3, -0.25) is 0 Å². The summed E-state index contributed by atoms with van der Waals surface area (Å²) in [6.45, 7) is 5.94. The zero-order valence-corrected chi connectivity index (χ0v) is 12.8. The van der Waals surface area contributed by atoms with Crippen molar-refractivity contribution in [2.45, 2.75) is 18.3 Å². The Balaban J connectivity index is 2.12. The van der Waals surface area contributed by atoms with Crippen molar-refractivity contribution in [3.8, 4) is 0 Å². The lowest BCUT2D eigenvalue weighted by Gasteiger charge is -2.38. The number of carbonyl (C=O) groups is 1. The van der Waals surface area contributed by atoms with Gasteiger partial charge in [-0.25, -0.2) is 4.79 Å². The molecule has 2 N–H and O–H groups in total. The first kappa shape index (κ1) is 15.9. The van der Waals surface area contributed by atoms with Crippen molar-refractivity contribution < 1.29 is 9.53 Å². The number of nitrogens with one attached hydrogen (secondary N) is 2. The molecular weight excluding hydrogens is 288 g/mol. The maximum Gasteiger partial charge on any atom is 0.315 e. The van der Waals surface area contributed by atoms with E-state index in [1.165, 1.54) is 0 Å². The highest BCUT2D eigenvalue weighted by Crippen LogP contribution is 2.38. The summed E-state index contributed by atoms with van der Waals surface area (Å²) in [6, 6.07) is 7.65. The first-order chi connectivity index (χ1) is 10.2. The second kappa shape index (κ2) is 7.48. The maximum atomic E-state index is 11.8. The van der Waals surface area contributed by atoms with Crippen molar-refractivity contribution in [1.29, 1.82) is 0 Å². The molecule has 2 rings (SSSR count). The van der Waals surface area contributed by atoms with Gasteiger partial charge in [0.15, 0.2) is 0 Å². The number of amides is 2. The fraction of sp³-hybridized carbons (Fsp3) is 0.438. The number of halogens is 1. The molecule has 21 heavy (non-hydrogen) atoms. The molecule has 0 spiro atoms.